The molecule has 1 saturated heterocycles. The molecule has 1 amide bonds. The summed E-state index contributed by atoms with van der Waals surface area (Å²) in [6, 6.07) is 11.7. The average Bonchev–Trinajstić information content (AvgIpc) is 3.80. The lowest BCUT2D eigenvalue weighted by Crippen LogP contribution is -2.52. The van der Waals surface area contributed by atoms with Crippen molar-refractivity contribution in [3.8, 4) is 6.07 Å². The Kier molecular flexibility index (Phi) is 7.43. The van der Waals surface area contributed by atoms with Gasteiger partial charge >= 0.3 is 6.18 Å². The number of fused-ring (bicyclic) bond motifs is 2. The van der Waals surface area contributed by atoms with E-state index in [4.69, 9.17) is 0 Å². The molecule has 3 aromatic rings. The lowest BCUT2D eigenvalue weighted by molar-refractivity contribution is -0.138. The highest BCUT2D eigenvalue weighted by Crippen LogP contribution is 2.59. The molecular weight excluding hydrogens is 636 g/mol. The summed E-state index contributed by atoms with van der Waals surface area (Å²) in [5, 5.41) is 11.8. The van der Waals surface area contributed by atoms with E-state index in [1.54, 1.807) is 0 Å². The van der Waals surface area contributed by atoms with Crippen LogP contribution in [0, 0.1) is 23.1 Å². The van der Waals surface area contributed by atoms with Crippen LogP contribution >= 0.6 is 0 Å². The van der Waals surface area contributed by atoms with Crippen LogP contribution in [0.2, 0.25) is 0 Å². The molecule has 1 aromatic heterocycles. The predicted octanol–water partition coefficient (Wildman–Crippen LogP) is 4.48. The smallest absolute Gasteiger partial charge is 0.346 e. The number of carbonyl (C=O) groups is 1. The second-order valence-electron chi connectivity index (χ2n) is 11.6. The summed E-state index contributed by atoms with van der Waals surface area (Å²) in [4.78, 5) is 16.6. The number of hydrogen-bond donors (Lipinski definition) is 1. The van der Waals surface area contributed by atoms with Crippen molar-refractivity contribution in [3.63, 3.8) is 0 Å². The number of nitrogens with one attached hydrogen (secondary N) is 1. The number of benzene rings is 2. The Bertz CT molecular complexity index is 1960. The Hall–Kier alpha value is -4.03. The molecule has 0 radical (unpaired) electrons. The van der Waals surface area contributed by atoms with E-state index in [1.807, 2.05) is 6.07 Å². The number of nitrogens with zero attached hydrogens (tertiary/aromatic N) is 3. The van der Waals surface area contributed by atoms with Gasteiger partial charge in [-0.2, -0.15) is 18.4 Å². The summed E-state index contributed by atoms with van der Waals surface area (Å²) in [5.41, 5.74) is -1.55. The van der Waals surface area contributed by atoms with E-state index in [-0.39, 0.29) is 46.3 Å². The maximum Gasteiger partial charge on any atom is 0.417 e. The molecule has 6 rings (SSSR count). The third-order valence-corrected chi connectivity index (χ3v) is 12.3. The van der Waals surface area contributed by atoms with Gasteiger partial charge in [0.2, 0.25) is 0 Å². The number of nitriles is 1. The van der Waals surface area contributed by atoms with Crippen molar-refractivity contribution in [2.24, 2.45) is 5.92 Å². The number of carbonyl (C=O) groups excluding carboxylic acids is 1. The lowest BCUT2D eigenvalue weighted by Gasteiger charge is -2.41. The van der Waals surface area contributed by atoms with Crippen LogP contribution in [0.1, 0.15) is 58.4 Å². The van der Waals surface area contributed by atoms with E-state index in [1.165, 1.54) is 46.8 Å². The van der Waals surface area contributed by atoms with E-state index in [9.17, 15) is 44.5 Å². The molecule has 1 saturated carbocycles. The molecule has 15 heteroatoms. The van der Waals surface area contributed by atoms with Gasteiger partial charge < -0.3 is 5.32 Å². The number of rotatable bonds is 6. The number of hydrogen-bond acceptors (Lipinski definition) is 7. The standard InChI is InChI=1S/C30H26F4N4O5S2/c31-24-14-21(30(32,33)34)16-36-25(24)17-37-28(39)20-6-7-26-23(13-20)29(8-10-44(40,41)11-9-29)27(19-4-5-19)38(26)45(42,43)22-3-1-2-18(12-22)15-35/h1-3,6-7,12-14,16,19,27H,4-5,8-11,17H2,(H,37,39). The van der Waals surface area contributed by atoms with E-state index >= 15 is 0 Å². The highest BCUT2D eigenvalue weighted by molar-refractivity contribution is 7.93. The molecule has 9 nitrogen and oxygen atoms in total. The molecule has 3 heterocycles. The molecule has 2 aliphatic heterocycles. The van der Waals surface area contributed by atoms with Crippen LogP contribution < -0.4 is 9.62 Å². The Morgan fingerprint density at radius 1 is 1.11 bits per heavy atom. The number of pyridine rings is 1. The topological polar surface area (TPSA) is 137 Å². The van der Waals surface area contributed by atoms with E-state index in [0.717, 1.165) is 12.8 Å². The summed E-state index contributed by atoms with van der Waals surface area (Å²) >= 11 is 0. The number of anilines is 1. The molecule has 2 aromatic carbocycles. The van der Waals surface area contributed by atoms with Crippen molar-refractivity contribution in [1.29, 1.82) is 5.26 Å². The molecule has 1 atom stereocenters. The molecular formula is C30H26F4N4O5S2. The molecule has 2 fully saturated rings. The van der Waals surface area contributed by atoms with Gasteiger partial charge in [0.25, 0.3) is 15.9 Å². The third kappa shape index (κ3) is 5.54. The Morgan fingerprint density at radius 3 is 2.44 bits per heavy atom. The average molecular weight is 663 g/mol. The van der Waals surface area contributed by atoms with E-state index < -0.39 is 67.0 Å². The summed E-state index contributed by atoms with van der Waals surface area (Å²) in [6.07, 6.45) is -2.57. The first-order chi connectivity index (χ1) is 21.2. The first-order valence-corrected chi connectivity index (χ1v) is 17.3. The van der Waals surface area contributed by atoms with Gasteiger partial charge in [-0.15, -0.1) is 0 Å². The van der Waals surface area contributed by atoms with Gasteiger partial charge in [0.15, 0.2) is 0 Å². The summed E-state index contributed by atoms with van der Waals surface area (Å²) < 4.78 is 108. The first kappa shape index (κ1) is 31.0. The van der Waals surface area contributed by atoms with Gasteiger partial charge in [-0.25, -0.2) is 21.2 Å². The van der Waals surface area contributed by atoms with Crippen molar-refractivity contribution in [2.45, 2.75) is 54.8 Å². The molecule has 236 valence electrons. The fourth-order valence-electron chi connectivity index (χ4n) is 6.46. The molecule has 3 aliphatic rings. The fraction of sp³-hybridized carbons (Fsp3) is 0.367. The van der Waals surface area contributed by atoms with Crippen LogP contribution in [0.4, 0.5) is 23.2 Å². The number of alkyl halides is 3. The molecule has 1 N–H and O–H groups in total. The van der Waals surface area contributed by atoms with Crippen molar-refractivity contribution >= 4 is 31.5 Å². The SMILES string of the molecule is N#Cc1cccc(S(=O)(=O)N2c3ccc(C(=O)NCc4ncc(C(F)(F)F)cc4F)cc3C3(CCS(=O)(=O)CC3)C2C2CC2)c1. The van der Waals surface area contributed by atoms with Crippen molar-refractivity contribution < 1.29 is 39.2 Å². The minimum absolute atomic E-state index is 0.0573. The number of halogens is 4. The second kappa shape index (κ2) is 10.8. The number of amides is 1. The summed E-state index contributed by atoms with van der Waals surface area (Å²) in [6.45, 7) is -0.510. The molecule has 1 unspecified atom stereocenters. The summed E-state index contributed by atoms with van der Waals surface area (Å²) in [7, 11) is -7.61. The molecule has 0 bridgehead atoms. The quantitative estimate of drug-likeness (QED) is 0.385. The van der Waals surface area contributed by atoms with Crippen molar-refractivity contribution in [3.05, 3.63) is 88.5 Å². The highest BCUT2D eigenvalue weighted by Gasteiger charge is 2.60. The zero-order valence-electron chi connectivity index (χ0n) is 23.5. The van der Waals surface area contributed by atoms with E-state index in [0.29, 0.717) is 23.5 Å². The first-order valence-electron chi connectivity index (χ1n) is 14.1. The largest absolute Gasteiger partial charge is 0.417 e. The Morgan fingerprint density at radius 2 is 1.82 bits per heavy atom. The van der Waals surface area contributed by atoms with Gasteiger partial charge in [-0.3, -0.25) is 14.1 Å². The van der Waals surface area contributed by atoms with Gasteiger partial charge in [-0.05, 0) is 79.6 Å². The van der Waals surface area contributed by atoms with Crippen molar-refractivity contribution in [1.82, 2.24) is 10.3 Å². The van der Waals surface area contributed by atoms with Gasteiger partial charge in [0.1, 0.15) is 15.7 Å². The van der Waals surface area contributed by atoms with Crippen LogP contribution in [0.25, 0.3) is 0 Å². The monoisotopic (exact) mass is 662 g/mol. The molecule has 1 spiro atoms. The minimum atomic E-state index is -4.79. The zero-order chi connectivity index (χ0) is 32.4. The fourth-order valence-corrected chi connectivity index (χ4v) is 9.86. The third-order valence-electron chi connectivity index (χ3n) is 8.82. The van der Waals surface area contributed by atoms with Crippen LogP contribution in [-0.2, 0) is 38.0 Å². The maximum atomic E-state index is 14.3. The van der Waals surface area contributed by atoms with Crippen LogP contribution in [0.15, 0.2) is 59.6 Å². The normalized spacial score (nSPS) is 20.4. The number of sulfone groups is 1. The summed E-state index contributed by atoms with van der Waals surface area (Å²) in [5.74, 6) is -2.33. The van der Waals surface area contributed by atoms with Crippen LogP contribution in [0.3, 0.4) is 0 Å². The minimum Gasteiger partial charge on any atom is -0.346 e. The molecule has 1 aliphatic carbocycles. The van der Waals surface area contributed by atoms with Gasteiger partial charge in [0, 0.05) is 17.2 Å². The zero-order valence-corrected chi connectivity index (χ0v) is 25.1. The van der Waals surface area contributed by atoms with Gasteiger partial charge in [0.05, 0.1) is 57.6 Å². The number of sulfonamides is 1. The Balaban J connectivity index is 1.39. The molecule has 45 heavy (non-hydrogen) atoms. The highest BCUT2D eigenvalue weighted by atomic mass is 32.2. The van der Waals surface area contributed by atoms with Crippen molar-refractivity contribution in [2.75, 3.05) is 15.8 Å². The second-order valence-corrected chi connectivity index (χ2v) is 15.7. The lowest BCUT2D eigenvalue weighted by atomic mass is 9.70. The predicted molar refractivity (Wildman–Crippen MR) is 154 cm³/mol. The van der Waals surface area contributed by atoms with Crippen LogP contribution in [-0.4, -0.2) is 45.3 Å². The maximum absolute atomic E-state index is 14.3. The number of aromatic nitrogens is 1. The Labute approximate surface area is 256 Å². The van der Waals surface area contributed by atoms with Gasteiger partial charge in [-0.1, -0.05) is 6.07 Å². The van der Waals surface area contributed by atoms with Crippen LogP contribution in [0.5, 0.6) is 0 Å². The van der Waals surface area contributed by atoms with E-state index in [2.05, 4.69) is 10.3 Å².